The van der Waals surface area contributed by atoms with Gasteiger partial charge in [-0.25, -0.2) is 13.4 Å². The highest BCUT2D eigenvalue weighted by Crippen LogP contribution is 2.33. The molecule has 3 aromatic rings. The molecular weight excluding hydrogens is 462 g/mol. The van der Waals surface area contributed by atoms with Gasteiger partial charge in [0.15, 0.2) is 21.6 Å². The molecule has 0 unspecified atom stereocenters. The predicted octanol–water partition coefficient (Wildman–Crippen LogP) is 2.75. The van der Waals surface area contributed by atoms with Crippen molar-refractivity contribution in [2.45, 2.75) is 11.8 Å². The monoisotopic (exact) mass is 489 g/mol. The maximum Gasteiger partial charge on any atom is 0.266 e. The van der Waals surface area contributed by atoms with E-state index in [2.05, 4.69) is 9.88 Å². The zero-order valence-corrected chi connectivity index (χ0v) is 20.3. The summed E-state index contributed by atoms with van der Waals surface area (Å²) in [4.78, 5) is 21.9. The normalized spacial score (nSPS) is 15.0. The maximum atomic E-state index is 13.3. The average molecular weight is 490 g/mol. The molecule has 1 saturated heterocycles. The molecule has 4 rings (SSSR count). The number of aryl methyl sites for hydroxylation is 1. The van der Waals surface area contributed by atoms with Crippen LogP contribution in [0.2, 0.25) is 0 Å². The highest BCUT2D eigenvalue weighted by molar-refractivity contribution is 7.91. The number of fused-ring (bicyclic) bond motifs is 1. The van der Waals surface area contributed by atoms with Crippen LogP contribution in [-0.4, -0.2) is 76.5 Å². The number of amides is 1. The fourth-order valence-electron chi connectivity index (χ4n) is 3.66. The molecule has 0 N–H and O–H groups in total. The zero-order valence-electron chi connectivity index (χ0n) is 18.7. The number of para-hydroxylation sites is 2. The van der Waals surface area contributed by atoms with Gasteiger partial charge in [0, 0.05) is 32.4 Å². The molecule has 1 fully saturated rings. The maximum absolute atomic E-state index is 13.3. The molecule has 0 bridgehead atoms. The average Bonchev–Trinajstić information content (AvgIpc) is 3.22. The van der Waals surface area contributed by atoms with Crippen molar-refractivity contribution in [3.05, 3.63) is 48.0 Å². The lowest BCUT2D eigenvalue weighted by atomic mass is 10.2. The first-order chi connectivity index (χ1) is 15.8. The molecule has 2 aromatic carbocycles. The predicted molar refractivity (Wildman–Crippen MR) is 129 cm³/mol. The molecule has 1 amide bonds. The number of carbonyl (C=O) groups excluding carboxylic acids is 1. The highest BCUT2D eigenvalue weighted by atomic mass is 32.2. The Morgan fingerprint density at radius 1 is 1.18 bits per heavy atom. The number of ether oxygens (including phenoxy) is 2. The zero-order chi connectivity index (χ0) is 23.4. The second-order valence-corrected chi connectivity index (χ2v) is 10.9. The number of nitrogens with zero attached hydrogens (tertiary/aromatic N) is 3. The fraction of sp³-hybridized carbons (Fsp3) is 0.391. The molecule has 0 aliphatic carbocycles. The van der Waals surface area contributed by atoms with Crippen molar-refractivity contribution < 1.29 is 22.7 Å². The van der Waals surface area contributed by atoms with Crippen LogP contribution in [-0.2, 0) is 19.4 Å². The summed E-state index contributed by atoms with van der Waals surface area (Å²) in [5, 5.41) is 0.466. The Bertz CT molecular complexity index is 1240. The first-order valence-corrected chi connectivity index (χ1v) is 13.4. The Kier molecular flexibility index (Phi) is 7.28. The van der Waals surface area contributed by atoms with E-state index in [9.17, 15) is 13.2 Å². The Morgan fingerprint density at radius 2 is 1.94 bits per heavy atom. The largest absolute Gasteiger partial charge is 0.483 e. The van der Waals surface area contributed by atoms with Crippen molar-refractivity contribution in [3.63, 3.8) is 0 Å². The molecule has 0 atom stereocenters. The number of hydrogen-bond acceptors (Lipinski definition) is 8. The molecule has 0 saturated carbocycles. The van der Waals surface area contributed by atoms with Gasteiger partial charge in [0.2, 0.25) is 0 Å². The van der Waals surface area contributed by atoms with Crippen molar-refractivity contribution in [1.29, 1.82) is 0 Å². The molecule has 33 heavy (non-hydrogen) atoms. The first kappa shape index (κ1) is 23.6. The second-order valence-electron chi connectivity index (χ2n) is 7.93. The fourth-order valence-corrected chi connectivity index (χ4v) is 5.59. The third-order valence-electron chi connectivity index (χ3n) is 5.49. The summed E-state index contributed by atoms with van der Waals surface area (Å²) in [5.41, 5.74) is 1.34. The summed E-state index contributed by atoms with van der Waals surface area (Å²) in [6.45, 7) is 5.82. The van der Waals surface area contributed by atoms with Crippen LogP contribution < -0.4 is 9.64 Å². The van der Waals surface area contributed by atoms with Gasteiger partial charge >= 0.3 is 0 Å². The Morgan fingerprint density at radius 3 is 2.67 bits per heavy atom. The van der Waals surface area contributed by atoms with Gasteiger partial charge in [0.1, 0.15) is 11.3 Å². The molecule has 10 heteroatoms. The van der Waals surface area contributed by atoms with Crippen LogP contribution in [0.25, 0.3) is 10.2 Å². The van der Waals surface area contributed by atoms with E-state index < -0.39 is 9.84 Å². The minimum absolute atomic E-state index is 0.136. The summed E-state index contributed by atoms with van der Waals surface area (Å²) in [5.74, 6) is 0.425. The van der Waals surface area contributed by atoms with E-state index in [1.807, 2.05) is 37.3 Å². The van der Waals surface area contributed by atoms with Crippen molar-refractivity contribution in [2.24, 2.45) is 0 Å². The topological polar surface area (TPSA) is 89.0 Å². The molecule has 2 heterocycles. The molecule has 8 nitrogen and oxygen atoms in total. The number of carbonyl (C=O) groups is 1. The molecular formula is C23H27N3O5S2. The number of morpholine rings is 1. The highest BCUT2D eigenvalue weighted by Gasteiger charge is 2.24. The van der Waals surface area contributed by atoms with Gasteiger partial charge in [0.25, 0.3) is 5.91 Å². The van der Waals surface area contributed by atoms with Crippen molar-refractivity contribution in [1.82, 2.24) is 9.88 Å². The lowest BCUT2D eigenvalue weighted by molar-refractivity contribution is -0.120. The van der Waals surface area contributed by atoms with E-state index in [0.29, 0.717) is 42.7 Å². The number of thiazole rings is 1. The number of hydrogen-bond donors (Lipinski definition) is 0. The van der Waals surface area contributed by atoms with Crippen LogP contribution in [0.15, 0.2) is 47.4 Å². The Balaban J connectivity index is 1.60. The molecule has 0 spiro atoms. The van der Waals surface area contributed by atoms with Crippen LogP contribution in [0.1, 0.15) is 5.56 Å². The van der Waals surface area contributed by atoms with Crippen LogP contribution in [0.5, 0.6) is 5.75 Å². The van der Waals surface area contributed by atoms with Crippen molar-refractivity contribution in [3.8, 4) is 5.75 Å². The van der Waals surface area contributed by atoms with E-state index in [4.69, 9.17) is 9.47 Å². The molecule has 0 radical (unpaired) electrons. The van der Waals surface area contributed by atoms with Gasteiger partial charge in [-0.15, -0.1) is 0 Å². The third kappa shape index (κ3) is 5.70. The van der Waals surface area contributed by atoms with Crippen LogP contribution in [0.4, 0.5) is 5.13 Å². The number of aromatic nitrogens is 1. The van der Waals surface area contributed by atoms with E-state index in [1.165, 1.54) is 11.3 Å². The van der Waals surface area contributed by atoms with Gasteiger partial charge in [-0.05, 0) is 30.7 Å². The quantitative estimate of drug-likeness (QED) is 0.481. The summed E-state index contributed by atoms with van der Waals surface area (Å²) in [7, 11) is -3.45. The minimum atomic E-state index is -3.45. The Labute approximate surface area is 197 Å². The summed E-state index contributed by atoms with van der Waals surface area (Å²) in [6, 6.07) is 12.6. The molecule has 1 aliphatic heterocycles. The molecule has 176 valence electrons. The summed E-state index contributed by atoms with van der Waals surface area (Å²) in [6.07, 6.45) is 1.16. The molecule has 1 aromatic heterocycles. The van der Waals surface area contributed by atoms with Crippen LogP contribution in [0.3, 0.4) is 0 Å². The summed E-state index contributed by atoms with van der Waals surface area (Å²) >= 11 is 1.31. The summed E-state index contributed by atoms with van der Waals surface area (Å²) < 4.78 is 36.4. The first-order valence-electron chi connectivity index (χ1n) is 10.7. The smallest absolute Gasteiger partial charge is 0.266 e. The van der Waals surface area contributed by atoms with E-state index >= 15 is 0 Å². The number of sulfone groups is 1. The van der Waals surface area contributed by atoms with Crippen LogP contribution >= 0.6 is 11.3 Å². The number of anilines is 1. The SMILES string of the molecule is Cc1ccccc1OCC(=O)N(CCN1CCOCC1)c1nc2c(S(C)(=O)=O)cccc2s1. The van der Waals surface area contributed by atoms with E-state index in [0.717, 1.165) is 29.6 Å². The van der Waals surface area contributed by atoms with Gasteiger partial charge in [-0.3, -0.25) is 14.6 Å². The van der Waals surface area contributed by atoms with E-state index in [1.54, 1.807) is 17.0 Å². The number of rotatable bonds is 8. The lowest BCUT2D eigenvalue weighted by Crippen LogP contribution is -2.44. The van der Waals surface area contributed by atoms with E-state index in [-0.39, 0.29) is 17.4 Å². The lowest BCUT2D eigenvalue weighted by Gasteiger charge is -2.29. The van der Waals surface area contributed by atoms with Crippen molar-refractivity contribution >= 4 is 42.4 Å². The number of benzene rings is 2. The van der Waals surface area contributed by atoms with Gasteiger partial charge in [-0.2, -0.15) is 0 Å². The van der Waals surface area contributed by atoms with Gasteiger partial charge in [0.05, 0.1) is 22.8 Å². The minimum Gasteiger partial charge on any atom is -0.483 e. The third-order valence-corrected chi connectivity index (χ3v) is 7.66. The molecule has 1 aliphatic rings. The second kappa shape index (κ2) is 10.2. The standard InChI is InChI=1S/C23H27N3O5S2/c1-17-6-3-4-7-18(17)31-16-21(27)26(11-10-25-12-14-30-15-13-25)23-24-22-19(32-23)8-5-9-20(22)33(2,28)29/h3-9H,10-16H2,1-2H3. The van der Waals surface area contributed by atoms with Gasteiger partial charge in [-0.1, -0.05) is 35.6 Å². The van der Waals surface area contributed by atoms with Gasteiger partial charge < -0.3 is 9.47 Å². The van der Waals surface area contributed by atoms with Crippen LogP contribution in [0, 0.1) is 6.92 Å². The van der Waals surface area contributed by atoms with Crippen molar-refractivity contribution in [2.75, 3.05) is 57.2 Å². The Hall–Kier alpha value is -2.53.